The molecule has 0 saturated carbocycles. The Balaban J connectivity index is 1.71. The largest absolute Gasteiger partial charge is 0.506 e. The van der Waals surface area contributed by atoms with E-state index >= 15 is 0 Å². The molecule has 354 valence electrons. The number of aliphatic hydroxyl groups is 1. The van der Waals surface area contributed by atoms with Crippen molar-refractivity contribution in [3.63, 3.8) is 0 Å². The molecule has 0 aromatic heterocycles. The number of carbonyl (C=O) groups is 3. The van der Waals surface area contributed by atoms with Crippen molar-refractivity contribution in [2.24, 2.45) is 22.7 Å². The Hall–Kier alpha value is -5.50. The molecule has 2 amide bonds. The predicted molar refractivity (Wildman–Crippen MR) is 276 cm³/mol. The van der Waals surface area contributed by atoms with Crippen LogP contribution in [0.1, 0.15) is 150 Å². The topological polar surface area (TPSA) is 102 Å². The summed E-state index contributed by atoms with van der Waals surface area (Å²) in [5, 5.41) is 18.6. The number of hydrogen-bond donors (Lipinski definition) is 3. The van der Waals surface area contributed by atoms with Gasteiger partial charge >= 0.3 is 0 Å². The monoisotopic (exact) mass is 896 g/mol. The van der Waals surface area contributed by atoms with Crippen LogP contribution in [0.3, 0.4) is 0 Å². The Morgan fingerprint density at radius 2 is 1.32 bits per heavy atom. The third-order valence-corrected chi connectivity index (χ3v) is 14.4. The highest BCUT2D eigenvalue weighted by molar-refractivity contribution is 6.40. The molecule has 3 N–H and O–H groups in total. The number of para-hydroxylation sites is 2. The molecule has 2 aliphatic carbocycles. The number of rotatable bonds is 22. The van der Waals surface area contributed by atoms with Crippen molar-refractivity contribution in [1.29, 1.82) is 0 Å². The first-order valence-corrected chi connectivity index (χ1v) is 24.9. The number of benzene rings is 3. The Labute approximate surface area is 397 Å². The average Bonchev–Trinajstić information content (AvgIpc) is 3.31. The number of nitrogens with zero attached hydrogens (tertiary/aromatic N) is 2. The Morgan fingerprint density at radius 1 is 0.727 bits per heavy atom. The van der Waals surface area contributed by atoms with E-state index in [2.05, 4.69) is 98.0 Å². The summed E-state index contributed by atoms with van der Waals surface area (Å²) in [5.41, 5.74) is 6.94. The number of hydrogen-bond acceptors (Lipinski definition) is 5. The summed E-state index contributed by atoms with van der Waals surface area (Å²) in [5.74, 6) is 0.0212. The second-order valence-corrected chi connectivity index (χ2v) is 19.9. The van der Waals surface area contributed by atoms with E-state index in [1.807, 2.05) is 90.1 Å². The summed E-state index contributed by atoms with van der Waals surface area (Å²) in [6.07, 6.45) is 15.9. The molecule has 0 aliphatic heterocycles. The molecule has 2 unspecified atom stereocenters. The van der Waals surface area contributed by atoms with Crippen LogP contribution >= 0.6 is 0 Å². The molecule has 2 aliphatic rings. The lowest BCUT2D eigenvalue weighted by Crippen LogP contribution is -2.38. The van der Waals surface area contributed by atoms with Crippen LogP contribution in [0.15, 0.2) is 108 Å². The number of nitrogens with one attached hydrogen (secondary N) is 2. The Bertz CT molecular complexity index is 2410. The van der Waals surface area contributed by atoms with Gasteiger partial charge in [-0.1, -0.05) is 138 Å². The van der Waals surface area contributed by atoms with E-state index in [0.29, 0.717) is 47.2 Å². The van der Waals surface area contributed by atoms with E-state index in [9.17, 15) is 19.5 Å². The van der Waals surface area contributed by atoms with Gasteiger partial charge in [0.05, 0.1) is 22.5 Å². The second kappa shape index (κ2) is 22.8. The van der Waals surface area contributed by atoms with E-state index in [1.54, 1.807) is 0 Å². The summed E-state index contributed by atoms with van der Waals surface area (Å²) in [4.78, 5) is 45.1. The number of amides is 2. The number of Topliss-reactive ketones (excluding diaryl/α,β-unsaturated/α-hetero) is 1. The minimum absolute atomic E-state index is 0.136. The fourth-order valence-electron chi connectivity index (χ4n) is 8.62. The van der Waals surface area contributed by atoms with Crippen molar-refractivity contribution in [3.8, 4) is 0 Å². The first-order chi connectivity index (χ1) is 31.5. The highest BCUT2D eigenvalue weighted by atomic mass is 16.3. The van der Waals surface area contributed by atoms with Gasteiger partial charge in [0.25, 0.3) is 0 Å². The van der Waals surface area contributed by atoms with Gasteiger partial charge in [0.1, 0.15) is 5.76 Å². The highest BCUT2D eigenvalue weighted by Crippen LogP contribution is 2.45. The molecule has 66 heavy (non-hydrogen) atoms. The molecule has 8 nitrogen and oxygen atoms in total. The smallest absolute Gasteiger partial charge is 0.230 e. The molecular weight excluding hydrogens is 817 g/mol. The van der Waals surface area contributed by atoms with Crippen molar-refractivity contribution in [3.05, 3.63) is 124 Å². The molecule has 0 saturated heterocycles. The third kappa shape index (κ3) is 11.7. The minimum atomic E-state index is -0.686. The molecule has 3 aromatic rings. The van der Waals surface area contributed by atoms with Crippen LogP contribution in [-0.2, 0) is 14.4 Å². The number of ketones is 1. The lowest BCUT2D eigenvalue weighted by atomic mass is 9.78. The van der Waals surface area contributed by atoms with E-state index < -0.39 is 10.8 Å². The average molecular weight is 896 g/mol. The molecule has 0 fully saturated rings. The number of anilines is 3. The molecule has 0 heterocycles. The fraction of sp³-hybridized carbons (Fsp3) is 0.483. The van der Waals surface area contributed by atoms with Crippen molar-refractivity contribution in [2.75, 3.05) is 23.3 Å². The number of carbonyl (C=O) groups excluding carboxylic acids is 3. The molecule has 0 spiro atoms. The van der Waals surface area contributed by atoms with Gasteiger partial charge < -0.3 is 20.6 Å². The van der Waals surface area contributed by atoms with Gasteiger partial charge in [-0.2, -0.15) is 4.58 Å². The van der Waals surface area contributed by atoms with Crippen LogP contribution in [0, 0.1) is 36.5 Å². The molecule has 8 heteroatoms. The predicted octanol–water partition coefficient (Wildman–Crippen LogP) is 14.2. The SMILES string of the molecule is CCCCC(CC)CN(c1ccc(C2=C(O)/C(=C3/C=CC(=[N+](CC(CC)CCCC)c4ccccc4C)C=C3NC(=O)C(C)(C)CC)C2=O)c(NC(=O)C(C)(C)CC)c1)c1ccccc1C. The number of aryl methyl sites for hydroxylation is 2. The lowest BCUT2D eigenvalue weighted by Gasteiger charge is -2.32. The maximum absolute atomic E-state index is 14.8. The van der Waals surface area contributed by atoms with Gasteiger partial charge in [0, 0.05) is 69.6 Å². The van der Waals surface area contributed by atoms with E-state index in [0.717, 1.165) is 98.4 Å². The van der Waals surface area contributed by atoms with Crippen LogP contribution in [0.5, 0.6) is 0 Å². The number of allylic oxidation sites excluding steroid dienone is 5. The number of aliphatic hydroxyl groups excluding tert-OH is 1. The van der Waals surface area contributed by atoms with Gasteiger partial charge in [0.15, 0.2) is 6.54 Å². The summed E-state index contributed by atoms with van der Waals surface area (Å²) in [7, 11) is 0. The zero-order valence-electron chi connectivity index (χ0n) is 42.3. The van der Waals surface area contributed by atoms with Gasteiger partial charge in [-0.15, -0.1) is 0 Å². The van der Waals surface area contributed by atoms with E-state index in [-0.39, 0.29) is 34.5 Å². The molecule has 2 atom stereocenters. The third-order valence-electron chi connectivity index (χ3n) is 14.4. The minimum Gasteiger partial charge on any atom is -0.506 e. The number of unbranched alkanes of at least 4 members (excludes halogenated alkanes) is 2. The summed E-state index contributed by atoms with van der Waals surface area (Å²) in [6, 6.07) is 22.5. The van der Waals surface area contributed by atoms with Gasteiger partial charge in [-0.3, -0.25) is 14.4 Å². The van der Waals surface area contributed by atoms with Crippen LogP contribution in [0.25, 0.3) is 5.57 Å². The highest BCUT2D eigenvalue weighted by Gasteiger charge is 2.41. The van der Waals surface area contributed by atoms with Crippen LogP contribution in [0.4, 0.5) is 22.7 Å². The van der Waals surface area contributed by atoms with E-state index in [1.165, 1.54) is 0 Å². The summed E-state index contributed by atoms with van der Waals surface area (Å²) in [6.45, 7) is 26.4. The molecule has 3 aromatic carbocycles. The van der Waals surface area contributed by atoms with Gasteiger partial charge in [-0.25, -0.2) is 0 Å². The normalized spacial score (nSPS) is 17.0. The van der Waals surface area contributed by atoms with Crippen molar-refractivity contribution < 1.29 is 24.1 Å². The summed E-state index contributed by atoms with van der Waals surface area (Å²) >= 11 is 0. The first kappa shape index (κ1) is 51.5. The second-order valence-electron chi connectivity index (χ2n) is 19.9. The molecule has 0 bridgehead atoms. The van der Waals surface area contributed by atoms with E-state index in [4.69, 9.17) is 0 Å². The van der Waals surface area contributed by atoms with Gasteiger partial charge in [-0.05, 0) is 87.8 Å². The quantitative estimate of drug-likeness (QED) is 0.0689. The zero-order valence-corrected chi connectivity index (χ0v) is 42.3. The van der Waals surface area contributed by atoms with Crippen LogP contribution in [0.2, 0.25) is 0 Å². The fourth-order valence-corrected chi connectivity index (χ4v) is 8.62. The van der Waals surface area contributed by atoms with Crippen LogP contribution in [-0.4, -0.2) is 46.1 Å². The standard InChI is InChI=1S/C58H78N4O4/c1-13-19-27-41(15-3)37-61(49-29-23-21-25-39(49)7)43-31-33-45(47(35-43)59-55(65)57(9,10)17-5)51-53(63)52(54(51)64)46-34-32-44(36-48(46)60-56(66)58(11,12)18-6)62(38-42(16-4)28-20-14-2)50-30-24-22-26-40(50)8/h21-26,29-36,41-42H,13-20,27-28,37-38H2,1-12H3,(H2,59,60,63,64,65,66)/p+1. The first-order valence-electron chi connectivity index (χ1n) is 24.9. The Kier molecular flexibility index (Phi) is 17.8. The van der Waals surface area contributed by atoms with Crippen molar-refractivity contribution in [2.45, 2.75) is 147 Å². The van der Waals surface area contributed by atoms with Crippen LogP contribution < -0.4 is 15.5 Å². The zero-order chi connectivity index (χ0) is 48.3. The van der Waals surface area contributed by atoms with Crippen molar-refractivity contribution in [1.82, 2.24) is 5.32 Å². The lowest BCUT2D eigenvalue weighted by molar-refractivity contribution is -0.449. The van der Waals surface area contributed by atoms with Crippen molar-refractivity contribution >= 4 is 51.6 Å². The molecule has 0 radical (unpaired) electrons. The maximum Gasteiger partial charge on any atom is 0.230 e. The molecular formula is C58H79N4O4+. The maximum atomic E-state index is 14.8. The Morgan fingerprint density at radius 3 is 1.89 bits per heavy atom. The van der Waals surface area contributed by atoms with Gasteiger partial charge in [0.2, 0.25) is 29.0 Å². The summed E-state index contributed by atoms with van der Waals surface area (Å²) < 4.78 is 2.33. The molecule has 5 rings (SSSR count).